The molecule has 2 aromatic carbocycles. The van der Waals surface area contributed by atoms with Gasteiger partial charge in [-0.3, -0.25) is 9.69 Å². The van der Waals surface area contributed by atoms with Gasteiger partial charge in [-0.1, -0.05) is 26.0 Å². The lowest BCUT2D eigenvalue weighted by atomic mass is 10.2. The van der Waals surface area contributed by atoms with Crippen LogP contribution in [-0.2, 0) is 21.4 Å². The highest BCUT2D eigenvalue weighted by Gasteiger charge is 2.26. The summed E-state index contributed by atoms with van der Waals surface area (Å²) in [4.78, 5) is 14.5. The van der Waals surface area contributed by atoms with Crippen molar-refractivity contribution in [2.45, 2.75) is 32.2 Å². The summed E-state index contributed by atoms with van der Waals surface area (Å²) in [5.74, 6) is 0.787. The van der Waals surface area contributed by atoms with Gasteiger partial charge in [-0.2, -0.15) is 4.31 Å². The lowest BCUT2D eigenvalue weighted by molar-refractivity contribution is -0.117. The molecule has 0 bridgehead atoms. The van der Waals surface area contributed by atoms with Crippen LogP contribution in [0.15, 0.2) is 47.4 Å². The molecular formula is C23H33N3O5S. The van der Waals surface area contributed by atoms with Gasteiger partial charge in [0.2, 0.25) is 15.9 Å². The predicted octanol–water partition coefficient (Wildman–Crippen LogP) is 3.19. The molecule has 9 heteroatoms. The van der Waals surface area contributed by atoms with E-state index in [1.54, 1.807) is 40.0 Å². The maximum Gasteiger partial charge on any atom is 0.246 e. The van der Waals surface area contributed by atoms with E-state index in [4.69, 9.17) is 9.47 Å². The summed E-state index contributed by atoms with van der Waals surface area (Å²) in [6, 6.07) is 12.3. The SMILES string of the molecule is CCOc1ccc(NC(=O)CN(C)Cc2cccc(OC)c2)cc1S(=O)(=O)N(CC)CC. The zero-order chi connectivity index (χ0) is 23.7. The Morgan fingerprint density at radius 3 is 2.41 bits per heavy atom. The molecular weight excluding hydrogens is 430 g/mol. The molecule has 2 rings (SSSR count). The zero-order valence-corrected chi connectivity index (χ0v) is 20.2. The molecule has 32 heavy (non-hydrogen) atoms. The Labute approximate surface area is 191 Å². The molecule has 0 aromatic heterocycles. The summed E-state index contributed by atoms with van der Waals surface area (Å²) in [6.45, 7) is 7.09. The Morgan fingerprint density at radius 2 is 1.78 bits per heavy atom. The molecule has 1 N–H and O–H groups in total. The zero-order valence-electron chi connectivity index (χ0n) is 19.4. The van der Waals surface area contributed by atoms with Crippen molar-refractivity contribution in [2.24, 2.45) is 0 Å². The van der Waals surface area contributed by atoms with Crippen molar-refractivity contribution in [2.75, 3.05) is 45.7 Å². The number of rotatable bonds is 12. The molecule has 0 heterocycles. The first-order valence-electron chi connectivity index (χ1n) is 10.6. The monoisotopic (exact) mass is 463 g/mol. The Morgan fingerprint density at radius 1 is 1.06 bits per heavy atom. The summed E-state index contributed by atoms with van der Waals surface area (Å²) >= 11 is 0. The maximum atomic E-state index is 13.1. The fraction of sp³-hybridized carbons (Fsp3) is 0.435. The maximum absolute atomic E-state index is 13.1. The van der Waals surface area contributed by atoms with Crippen LogP contribution in [0, 0.1) is 0 Å². The number of ether oxygens (including phenoxy) is 2. The van der Waals surface area contributed by atoms with Gasteiger partial charge in [0.05, 0.1) is 20.3 Å². The fourth-order valence-corrected chi connectivity index (χ4v) is 4.96. The van der Waals surface area contributed by atoms with E-state index in [9.17, 15) is 13.2 Å². The van der Waals surface area contributed by atoms with E-state index < -0.39 is 10.0 Å². The standard InChI is InChI=1S/C23H33N3O5S/c1-6-26(7-2)32(28,29)22-15-19(12-13-21(22)31-8-3)24-23(27)17-25(4)16-18-10-9-11-20(14-18)30-5/h9-15H,6-8,16-17H2,1-5H3,(H,24,27). The van der Waals surface area contributed by atoms with Gasteiger partial charge in [-0.05, 0) is 49.9 Å². The molecule has 0 radical (unpaired) electrons. The smallest absolute Gasteiger partial charge is 0.246 e. The van der Waals surface area contributed by atoms with Crippen LogP contribution in [0.4, 0.5) is 5.69 Å². The number of nitrogens with one attached hydrogen (secondary N) is 1. The Kier molecular flexibility index (Phi) is 9.49. The van der Waals surface area contributed by atoms with Crippen LogP contribution >= 0.6 is 0 Å². The van der Waals surface area contributed by atoms with Gasteiger partial charge in [0.25, 0.3) is 0 Å². The lowest BCUT2D eigenvalue weighted by Crippen LogP contribution is -2.31. The van der Waals surface area contributed by atoms with Crippen molar-refractivity contribution >= 4 is 21.6 Å². The molecule has 0 unspecified atom stereocenters. The van der Waals surface area contributed by atoms with Crippen molar-refractivity contribution in [3.05, 3.63) is 48.0 Å². The highest BCUT2D eigenvalue weighted by atomic mass is 32.2. The van der Waals surface area contributed by atoms with Crippen LogP contribution in [-0.4, -0.2) is 63.9 Å². The summed E-state index contributed by atoms with van der Waals surface area (Å²) < 4.78 is 38.3. The molecule has 0 saturated carbocycles. The second-order valence-corrected chi connectivity index (χ2v) is 9.16. The summed E-state index contributed by atoms with van der Waals surface area (Å²) in [5.41, 5.74) is 1.42. The number of hydrogen-bond donors (Lipinski definition) is 1. The van der Waals surface area contributed by atoms with Gasteiger partial charge in [0, 0.05) is 25.3 Å². The lowest BCUT2D eigenvalue weighted by Gasteiger charge is -2.21. The summed E-state index contributed by atoms with van der Waals surface area (Å²) in [7, 11) is -0.294. The first kappa shape index (κ1) is 25.6. The highest BCUT2D eigenvalue weighted by Crippen LogP contribution is 2.30. The first-order valence-corrected chi connectivity index (χ1v) is 12.1. The van der Waals surface area contributed by atoms with Crippen molar-refractivity contribution in [3.8, 4) is 11.5 Å². The minimum Gasteiger partial charge on any atom is -0.497 e. The van der Waals surface area contributed by atoms with Crippen molar-refractivity contribution in [1.82, 2.24) is 9.21 Å². The van der Waals surface area contributed by atoms with Crippen LogP contribution in [0.25, 0.3) is 0 Å². The Hall–Kier alpha value is -2.62. The number of carbonyl (C=O) groups excluding carboxylic acids is 1. The number of likely N-dealkylation sites (N-methyl/N-ethyl adjacent to an activating group) is 1. The Balaban J connectivity index is 2.15. The van der Waals surface area contributed by atoms with E-state index in [1.165, 1.54) is 10.4 Å². The minimum atomic E-state index is -3.75. The topological polar surface area (TPSA) is 88.2 Å². The molecule has 0 aliphatic rings. The van der Waals surface area contributed by atoms with E-state index in [1.807, 2.05) is 36.2 Å². The second kappa shape index (κ2) is 11.8. The number of methoxy groups -OCH3 is 1. The molecule has 0 fully saturated rings. The first-order chi connectivity index (χ1) is 15.2. The van der Waals surface area contributed by atoms with Gasteiger partial charge in [-0.15, -0.1) is 0 Å². The van der Waals surface area contributed by atoms with E-state index in [-0.39, 0.29) is 23.1 Å². The average molecular weight is 464 g/mol. The summed E-state index contributed by atoms with van der Waals surface area (Å²) in [5, 5.41) is 2.79. The van der Waals surface area contributed by atoms with Crippen LogP contribution < -0.4 is 14.8 Å². The van der Waals surface area contributed by atoms with E-state index in [0.717, 1.165) is 11.3 Å². The number of amides is 1. The molecule has 0 aliphatic carbocycles. The molecule has 8 nitrogen and oxygen atoms in total. The largest absolute Gasteiger partial charge is 0.497 e. The quantitative estimate of drug-likeness (QED) is 0.520. The third-order valence-corrected chi connectivity index (χ3v) is 6.92. The van der Waals surface area contributed by atoms with Crippen LogP contribution in [0.3, 0.4) is 0 Å². The van der Waals surface area contributed by atoms with E-state index in [2.05, 4.69) is 5.32 Å². The molecule has 0 saturated heterocycles. The molecule has 0 aliphatic heterocycles. The number of anilines is 1. The van der Waals surface area contributed by atoms with Crippen molar-refractivity contribution < 1.29 is 22.7 Å². The van der Waals surface area contributed by atoms with Gasteiger partial charge >= 0.3 is 0 Å². The van der Waals surface area contributed by atoms with Crippen molar-refractivity contribution in [1.29, 1.82) is 0 Å². The number of sulfonamides is 1. The van der Waals surface area contributed by atoms with E-state index >= 15 is 0 Å². The predicted molar refractivity (Wildman–Crippen MR) is 126 cm³/mol. The second-order valence-electron chi connectivity index (χ2n) is 7.26. The summed E-state index contributed by atoms with van der Waals surface area (Å²) in [6.07, 6.45) is 0. The molecule has 0 spiro atoms. The number of benzene rings is 2. The van der Waals surface area contributed by atoms with Gasteiger partial charge in [-0.25, -0.2) is 8.42 Å². The van der Waals surface area contributed by atoms with Gasteiger partial charge < -0.3 is 14.8 Å². The highest BCUT2D eigenvalue weighted by molar-refractivity contribution is 7.89. The Bertz CT molecular complexity index is 1010. The molecule has 0 atom stereocenters. The van der Waals surface area contributed by atoms with Crippen LogP contribution in [0.5, 0.6) is 11.5 Å². The fourth-order valence-electron chi connectivity index (χ4n) is 3.35. The normalized spacial score (nSPS) is 11.6. The third kappa shape index (κ3) is 6.69. The third-order valence-electron chi connectivity index (χ3n) is 4.85. The minimum absolute atomic E-state index is 0.0468. The molecule has 2 aromatic rings. The molecule has 176 valence electrons. The van der Waals surface area contributed by atoms with E-state index in [0.29, 0.717) is 31.9 Å². The number of nitrogens with zero attached hydrogens (tertiary/aromatic N) is 2. The number of hydrogen-bond acceptors (Lipinski definition) is 6. The molecule has 1 amide bonds. The van der Waals surface area contributed by atoms with Crippen molar-refractivity contribution in [3.63, 3.8) is 0 Å². The van der Waals surface area contributed by atoms with Gasteiger partial charge in [0.1, 0.15) is 16.4 Å². The van der Waals surface area contributed by atoms with Crippen LogP contribution in [0.2, 0.25) is 0 Å². The average Bonchev–Trinajstić information content (AvgIpc) is 2.75. The van der Waals surface area contributed by atoms with Gasteiger partial charge in [0.15, 0.2) is 0 Å². The number of carbonyl (C=O) groups is 1. The van der Waals surface area contributed by atoms with Crippen LogP contribution in [0.1, 0.15) is 26.3 Å².